The number of pyridine rings is 1. The van der Waals surface area contributed by atoms with Gasteiger partial charge in [-0.3, -0.25) is 9.69 Å². The first kappa shape index (κ1) is 25.7. The molecule has 9 nitrogen and oxygen atoms in total. The van der Waals surface area contributed by atoms with Gasteiger partial charge in [-0.2, -0.15) is 0 Å². The lowest BCUT2D eigenvalue weighted by Gasteiger charge is -2.32. The number of hydrogen-bond donors (Lipinski definition) is 2. The number of hydrogen-bond acceptors (Lipinski definition) is 8. The molecule has 198 valence electrons. The number of nitrogens with one attached hydrogen (secondary N) is 2. The number of nitrogens with zero attached hydrogens (tertiary/aromatic N) is 3. The van der Waals surface area contributed by atoms with Gasteiger partial charge < -0.3 is 24.5 Å². The average Bonchev–Trinajstić information content (AvgIpc) is 2.92. The van der Waals surface area contributed by atoms with Crippen LogP contribution < -0.4 is 20.3 Å². The van der Waals surface area contributed by atoms with Gasteiger partial charge in [0.2, 0.25) is 0 Å². The molecule has 3 heterocycles. The third-order valence-corrected chi connectivity index (χ3v) is 6.57. The fraction of sp³-hybridized carbons (Fsp3) is 0.345. The van der Waals surface area contributed by atoms with Gasteiger partial charge in [-0.15, -0.1) is 0 Å². The van der Waals surface area contributed by atoms with Gasteiger partial charge in [0, 0.05) is 41.8 Å². The maximum atomic E-state index is 11.9. The second-order valence-corrected chi connectivity index (χ2v) is 9.37. The van der Waals surface area contributed by atoms with Crippen molar-refractivity contribution in [2.75, 3.05) is 44.8 Å². The number of benzene rings is 2. The van der Waals surface area contributed by atoms with Crippen molar-refractivity contribution in [3.8, 4) is 22.9 Å². The Labute approximate surface area is 221 Å². The van der Waals surface area contributed by atoms with Crippen molar-refractivity contribution in [3.05, 3.63) is 70.6 Å². The Morgan fingerprint density at radius 2 is 2.00 bits per heavy atom. The van der Waals surface area contributed by atoms with Crippen molar-refractivity contribution in [1.29, 1.82) is 0 Å². The quantitative estimate of drug-likeness (QED) is 0.335. The molecule has 1 aliphatic heterocycles. The number of fused-ring (bicyclic) bond motifs is 1. The molecule has 1 unspecified atom stereocenters. The number of anilines is 2. The zero-order valence-corrected chi connectivity index (χ0v) is 22.0. The Kier molecular flexibility index (Phi) is 7.86. The van der Waals surface area contributed by atoms with Gasteiger partial charge in [-0.25, -0.2) is 9.97 Å². The molecule has 4 aromatic rings. The van der Waals surface area contributed by atoms with Gasteiger partial charge in [0.15, 0.2) is 5.82 Å². The van der Waals surface area contributed by atoms with Gasteiger partial charge >= 0.3 is 0 Å². The van der Waals surface area contributed by atoms with E-state index in [-0.39, 0.29) is 5.56 Å². The van der Waals surface area contributed by atoms with Crippen LogP contribution in [0.5, 0.6) is 11.5 Å². The van der Waals surface area contributed by atoms with Crippen LogP contribution in [0.2, 0.25) is 0 Å². The molecule has 0 spiro atoms. The largest absolute Gasteiger partial charge is 0.494 e. The summed E-state index contributed by atoms with van der Waals surface area (Å²) in [5, 5.41) is 4.18. The predicted molar refractivity (Wildman–Crippen MR) is 149 cm³/mol. The van der Waals surface area contributed by atoms with Crippen LogP contribution in [0.15, 0.2) is 59.5 Å². The Hall–Kier alpha value is -3.95. The summed E-state index contributed by atoms with van der Waals surface area (Å²) in [6.07, 6.45) is 1.64. The second kappa shape index (κ2) is 11.6. The van der Waals surface area contributed by atoms with Crippen LogP contribution in [-0.2, 0) is 4.74 Å². The maximum absolute atomic E-state index is 11.9. The van der Waals surface area contributed by atoms with Crippen molar-refractivity contribution < 1.29 is 14.2 Å². The van der Waals surface area contributed by atoms with E-state index < -0.39 is 0 Å². The van der Waals surface area contributed by atoms with E-state index in [0.29, 0.717) is 36.5 Å². The third-order valence-electron chi connectivity index (χ3n) is 6.57. The van der Waals surface area contributed by atoms with Crippen LogP contribution in [0.4, 0.5) is 11.5 Å². The monoisotopic (exact) mass is 515 g/mol. The fourth-order valence-electron chi connectivity index (χ4n) is 4.49. The molecule has 9 heteroatoms. The first-order chi connectivity index (χ1) is 18.5. The molecule has 0 aliphatic carbocycles. The highest BCUT2D eigenvalue weighted by molar-refractivity contribution is 5.93. The van der Waals surface area contributed by atoms with Crippen LogP contribution >= 0.6 is 0 Å². The Morgan fingerprint density at radius 3 is 2.82 bits per heavy atom. The molecular weight excluding hydrogens is 482 g/mol. The molecule has 38 heavy (non-hydrogen) atoms. The van der Waals surface area contributed by atoms with Crippen LogP contribution in [0.3, 0.4) is 0 Å². The summed E-state index contributed by atoms with van der Waals surface area (Å²) in [6, 6.07) is 15.8. The van der Waals surface area contributed by atoms with Crippen molar-refractivity contribution >= 4 is 22.4 Å². The number of ether oxygens (including phenoxy) is 3. The van der Waals surface area contributed by atoms with E-state index >= 15 is 0 Å². The van der Waals surface area contributed by atoms with Crippen LogP contribution in [0.1, 0.15) is 19.4 Å². The minimum absolute atomic E-state index is 0.123. The molecule has 0 amide bonds. The summed E-state index contributed by atoms with van der Waals surface area (Å²) in [5.74, 6) is 2.69. The van der Waals surface area contributed by atoms with E-state index in [1.54, 1.807) is 19.2 Å². The lowest BCUT2D eigenvalue weighted by molar-refractivity contribution is -0.00514. The normalized spacial score (nSPS) is 15.9. The summed E-state index contributed by atoms with van der Waals surface area (Å²) in [4.78, 5) is 26.7. The third kappa shape index (κ3) is 5.95. The first-order valence-electron chi connectivity index (χ1n) is 13.0. The fourth-order valence-corrected chi connectivity index (χ4v) is 4.49. The number of aromatic nitrogens is 3. The SMILES string of the molecule is CCOc1ccc2nc(-c3cccc(OCCN4CCOCC4C)c3)nc(Nc3c[nH]c(=O)c(C)c3)c2c1. The van der Waals surface area contributed by atoms with E-state index in [4.69, 9.17) is 24.2 Å². The van der Waals surface area contributed by atoms with Crippen LogP contribution in [-0.4, -0.2) is 65.4 Å². The van der Waals surface area contributed by atoms with Crippen LogP contribution in [0, 0.1) is 6.92 Å². The molecular formula is C29H33N5O4. The molecule has 1 fully saturated rings. The minimum Gasteiger partial charge on any atom is -0.494 e. The summed E-state index contributed by atoms with van der Waals surface area (Å²) in [6.45, 7) is 10.3. The summed E-state index contributed by atoms with van der Waals surface area (Å²) in [7, 11) is 0. The van der Waals surface area contributed by atoms with Gasteiger partial charge in [-0.1, -0.05) is 12.1 Å². The van der Waals surface area contributed by atoms with E-state index in [2.05, 4.69) is 22.1 Å². The highest BCUT2D eigenvalue weighted by Crippen LogP contribution is 2.31. The van der Waals surface area contributed by atoms with Gasteiger partial charge in [0.1, 0.15) is 23.9 Å². The minimum atomic E-state index is -0.123. The second-order valence-electron chi connectivity index (χ2n) is 9.37. The number of H-pyrrole nitrogens is 1. The molecule has 0 bridgehead atoms. The van der Waals surface area contributed by atoms with E-state index in [9.17, 15) is 4.79 Å². The van der Waals surface area contributed by atoms with Crippen LogP contribution in [0.25, 0.3) is 22.3 Å². The van der Waals surface area contributed by atoms with E-state index in [1.165, 1.54) is 0 Å². The van der Waals surface area contributed by atoms with E-state index in [0.717, 1.165) is 60.0 Å². The zero-order valence-electron chi connectivity index (χ0n) is 22.0. The topological polar surface area (TPSA) is 102 Å². The van der Waals surface area contributed by atoms with Crippen molar-refractivity contribution in [3.63, 3.8) is 0 Å². The van der Waals surface area contributed by atoms with Gasteiger partial charge in [0.25, 0.3) is 5.56 Å². The molecule has 5 rings (SSSR count). The lowest BCUT2D eigenvalue weighted by Crippen LogP contribution is -2.45. The summed E-state index contributed by atoms with van der Waals surface area (Å²) in [5.41, 5.74) is 2.83. The average molecular weight is 516 g/mol. The Morgan fingerprint density at radius 1 is 1.13 bits per heavy atom. The number of aryl methyl sites for hydroxylation is 1. The molecule has 1 aliphatic rings. The lowest BCUT2D eigenvalue weighted by atomic mass is 10.1. The number of morpholine rings is 1. The van der Waals surface area contributed by atoms with Crippen molar-refractivity contribution in [2.24, 2.45) is 0 Å². The molecule has 2 aromatic heterocycles. The molecule has 2 N–H and O–H groups in total. The molecule has 1 saturated heterocycles. The first-order valence-corrected chi connectivity index (χ1v) is 13.0. The van der Waals surface area contributed by atoms with Crippen molar-refractivity contribution in [2.45, 2.75) is 26.8 Å². The molecule has 1 atom stereocenters. The van der Waals surface area contributed by atoms with Crippen molar-refractivity contribution in [1.82, 2.24) is 19.9 Å². The highest BCUT2D eigenvalue weighted by atomic mass is 16.5. The summed E-state index contributed by atoms with van der Waals surface area (Å²) >= 11 is 0. The Balaban J connectivity index is 1.43. The molecule has 2 aromatic carbocycles. The zero-order chi connectivity index (χ0) is 26.5. The van der Waals surface area contributed by atoms with E-state index in [1.807, 2.05) is 49.4 Å². The predicted octanol–water partition coefficient (Wildman–Crippen LogP) is 4.54. The number of rotatable bonds is 9. The molecule has 0 saturated carbocycles. The van der Waals surface area contributed by atoms with Gasteiger partial charge in [0.05, 0.1) is 31.0 Å². The Bertz CT molecular complexity index is 1470. The standard InChI is InChI=1S/C29H33N5O4/c1-4-37-24-8-9-26-25(16-24)28(31-22-14-19(2)29(35)30-17-22)33-27(32-26)21-6-5-7-23(15-21)38-13-11-34-10-12-36-18-20(34)3/h5-9,14-17,20H,4,10-13,18H2,1-3H3,(H,30,35)(H,31,32,33). The maximum Gasteiger partial charge on any atom is 0.250 e. The highest BCUT2D eigenvalue weighted by Gasteiger charge is 2.18. The molecule has 0 radical (unpaired) electrons. The number of aromatic amines is 1. The smallest absolute Gasteiger partial charge is 0.250 e. The van der Waals surface area contributed by atoms with Gasteiger partial charge in [-0.05, 0) is 57.2 Å². The summed E-state index contributed by atoms with van der Waals surface area (Å²) < 4.78 is 17.3.